The van der Waals surface area contributed by atoms with Crippen molar-refractivity contribution in [3.05, 3.63) is 70.8 Å². The van der Waals surface area contributed by atoms with Gasteiger partial charge < -0.3 is 28.1 Å². The second kappa shape index (κ2) is 44.8. The van der Waals surface area contributed by atoms with Crippen LogP contribution in [0.3, 0.4) is 0 Å². The standard InChI is InChI=1S/2C27H44O7S.Ca/c2*1-2-3-4-5-6-7-8-9-10-11-12-13-16-21-33-26(28)24-19-14-15-20-25(24)27(29)34-22-17-18-23-35(30,31)32;/h2*14-15,19-20H,2-13,16-18,21-23H2,1H3,(H,30,31,32);/q;;+2/p-2. The van der Waals surface area contributed by atoms with Gasteiger partial charge in [0.05, 0.1) is 68.9 Å². The number of carbonyl (C=O) groups is 4. The zero-order valence-electron chi connectivity index (χ0n) is 43.3. The number of hydrogen-bond acceptors (Lipinski definition) is 14. The first kappa shape index (κ1) is 68.4. The van der Waals surface area contributed by atoms with Crippen LogP contribution in [0.4, 0.5) is 0 Å². The summed E-state index contributed by atoms with van der Waals surface area (Å²) in [6.07, 6.45) is 33.0. The SMILES string of the molecule is CCCCCCCCCCCCCCCOC(=O)c1ccccc1C(=O)OCCCCS(=O)(=O)[O-].CCCCCCCCCCCCCCCOC(=O)c1ccccc1C(=O)OCCCCS(=O)(=O)[O-].[Ca+2]. The monoisotopic (exact) mass is 1060 g/mol. The van der Waals surface area contributed by atoms with Gasteiger partial charge in [-0.15, -0.1) is 0 Å². The maximum Gasteiger partial charge on any atom is 2.00 e. The number of carbonyl (C=O) groups excluding carboxylic acids is 4. The largest absolute Gasteiger partial charge is 2.00 e. The molecule has 0 bridgehead atoms. The van der Waals surface area contributed by atoms with Crippen molar-refractivity contribution >= 4 is 81.9 Å². The van der Waals surface area contributed by atoms with Crippen molar-refractivity contribution in [3.63, 3.8) is 0 Å². The Bertz CT molecular complexity index is 1790. The van der Waals surface area contributed by atoms with Gasteiger partial charge in [-0.1, -0.05) is 192 Å². The molecule has 2 aromatic carbocycles. The smallest absolute Gasteiger partial charge is 0.748 e. The molecule has 2 rings (SSSR count). The molecule has 0 spiro atoms. The second-order valence-electron chi connectivity index (χ2n) is 18.1. The summed E-state index contributed by atoms with van der Waals surface area (Å²) < 4.78 is 84.5. The van der Waals surface area contributed by atoms with Crippen LogP contribution in [0.1, 0.15) is 248 Å². The van der Waals surface area contributed by atoms with E-state index in [1.165, 1.54) is 153 Å². The maximum atomic E-state index is 12.4. The van der Waals surface area contributed by atoms with Crippen LogP contribution in [-0.2, 0) is 39.2 Å². The Kier molecular flexibility index (Phi) is 43.2. The van der Waals surface area contributed by atoms with E-state index < -0.39 is 55.6 Å². The van der Waals surface area contributed by atoms with E-state index in [-0.39, 0.29) is 98.9 Å². The summed E-state index contributed by atoms with van der Waals surface area (Å²) in [6, 6.07) is 12.6. The molecule has 0 radical (unpaired) electrons. The van der Waals surface area contributed by atoms with Crippen LogP contribution in [0.2, 0.25) is 0 Å². The fraction of sp³-hybridized carbons (Fsp3) is 0.704. The number of rotatable bonds is 42. The third-order valence-electron chi connectivity index (χ3n) is 11.7. The summed E-state index contributed by atoms with van der Waals surface area (Å²) in [5.41, 5.74) is 0.516. The third kappa shape index (κ3) is 39.5. The topological polar surface area (TPSA) is 220 Å². The maximum absolute atomic E-state index is 12.4. The van der Waals surface area contributed by atoms with Crippen molar-refractivity contribution in [1.82, 2.24) is 0 Å². The van der Waals surface area contributed by atoms with Crippen LogP contribution in [0.25, 0.3) is 0 Å². The minimum absolute atomic E-state index is 0. The zero-order valence-corrected chi connectivity index (χ0v) is 47.2. The zero-order chi connectivity index (χ0) is 51.6. The van der Waals surface area contributed by atoms with Crippen molar-refractivity contribution in [3.8, 4) is 0 Å². The number of unbranched alkanes of at least 4 members (excludes halogenated alkanes) is 26. The normalized spacial score (nSPS) is 11.2. The molecule has 17 heteroatoms. The molecule has 0 aliphatic rings. The van der Waals surface area contributed by atoms with Crippen molar-refractivity contribution in [2.75, 3.05) is 37.9 Å². The minimum atomic E-state index is -4.27. The number of ether oxygens (including phenoxy) is 4. The predicted octanol–water partition coefficient (Wildman–Crippen LogP) is 12.5. The number of esters is 4. The van der Waals surface area contributed by atoms with Crippen molar-refractivity contribution in [1.29, 1.82) is 0 Å². The average Bonchev–Trinajstić information content (AvgIpc) is 3.33. The van der Waals surface area contributed by atoms with Gasteiger partial charge in [-0.25, -0.2) is 36.0 Å². The molecule has 0 N–H and O–H groups in total. The quantitative estimate of drug-likeness (QED) is 0.0198. The van der Waals surface area contributed by atoms with Gasteiger partial charge in [0.1, 0.15) is 0 Å². The Morgan fingerprint density at radius 2 is 0.521 bits per heavy atom. The Morgan fingerprint density at radius 1 is 0.338 bits per heavy atom. The van der Waals surface area contributed by atoms with E-state index in [2.05, 4.69) is 13.8 Å². The number of hydrogen-bond donors (Lipinski definition) is 0. The third-order valence-corrected chi connectivity index (χ3v) is 13.3. The van der Waals surface area contributed by atoms with Crippen LogP contribution in [0.5, 0.6) is 0 Å². The first-order valence-corrected chi connectivity index (χ1v) is 29.6. The molecule has 14 nitrogen and oxygen atoms in total. The number of benzene rings is 2. The van der Waals surface area contributed by atoms with Gasteiger partial charge >= 0.3 is 61.6 Å². The molecular formula is C54H86CaO14S2. The van der Waals surface area contributed by atoms with Gasteiger partial charge in [0, 0.05) is 11.5 Å². The van der Waals surface area contributed by atoms with E-state index in [4.69, 9.17) is 18.9 Å². The van der Waals surface area contributed by atoms with E-state index in [1.807, 2.05) is 0 Å². The summed E-state index contributed by atoms with van der Waals surface area (Å²) in [4.78, 5) is 49.5. The molecule has 0 atom stereocenters. The van der Waals surface area contributed by atoms with E-state index in [0.717, 1.165) is 38.5 Å². The molecule has 0 saturated heterocycles. The van der Waals surface area contributed by atoms with Crippen molar-refractivity contribution in [2.45, 2.75) is 206 Å². The van der Waals surface area contributed by atoms with E-state index >= 15 is 0 Å². The summed E-state index contributed by atoms with van der Waals surface area (Å²) >= 11 is 0. The van der Waals surface area contributed by atoms with Crippen LogP contribution < -0.4 is 0 Å². The predicted molar refractivity (Wildman–Crippen MR) is 279 cm³/mol. The average molecular weight is 1060 g/mol. The van der Waals surface area contributed by atoms with E-state index in [0.29, 0.717) is 13.2 Å². The molecule has 0 amide bonds. The van der Waals surface area contributed by atoms with Gasteiger partial charge in [0.2, 0.25) is 0 Å². The van der Waals surface area contributed by atoms with E-state index in [9.17, 15) is 45.1 Å². The molecular weight excluding hydrogens is 977 g/mol. The Morgan fingerprint density at radius 3 is 0.718 bits per heavy atom. The van der Waals surface area contributed by atoms with Gasteiger partial charge in [-0.05, 0) is 62.8 Å². The van der Waals surface area contributed by atoms with Crippen LogP contribution >= 0.6 is 0 Å². The Balaban J connectivity index is 0.00000136. The summed E-state index contributed by atoms with van der Waals surface area (Å²) in [5, 5.41) is 0. The van der Waals surface area contributed by atoms with Crippen molar-refractivity contribution < 1.29 is 64.1 Å². The summed E-state index contributed by atoms with van der Waals surface area (Å²) in [5.74, 6) is -3.46. The Labute approximate surface area is 457 Å². The Hall–Kier alpha value is -2.60. The van der Waals surface area contributed by atoms with Gasteiger partial charge in [0.15, 0.2) is 0 Å². The minimum Gasteiger partial charge on any atom is -0.748 e. The molecule has 0 aliphatic carbocycles. The molecule has 0 aliphatic heterocycles. The molecule has 0 aromatic heterocycles. The molecule has 400 valence electrons. The summed E-state index contributed by atoms with van der Waals surface area (Å²) in [7, 11) is -8.54. The summed E-state index contributed by atoms with van der Waals surface area (Å²) in [6.45, 7) is 5.04. The molecule has 71 heavy (non-hydrogen) atoms. The molecule has 0 saturated carbocycles. The first-order valence-electron chi connectivity index (χ1n) is 26.4. The molecule has 0 fully saturated rings. The molecule has 0 heterocycles. The first-order chi connectivity index (χ1) is 33.7. The van der Waals surface area contributed by atoms with Crippen LogP contribution in [-0.4, -0.2) is 125 Å². The van der Waals surface area contributed by atoms with Crippen molar-refractivity contribution in [2.24, 2.45) is 0 Å². The van der Waals surface area contributed by atoms with Gasteiger partial charge in [0.25, 0.3) is 0 Å². The fourth-order valence-electron chi connectivity index (χ4n) is 7.65. The fourth-order valence-corrected chi connectivity index (χ4v) is 8.77. The van der Waals surface area contributed by atoms with Gasteiger partial charge in [-0.2, -0.15) is 0 Å². The second-order valence-corrected chi connectivity index (χ2v) is 21.1. The molecule has 0 unspecified atom stereocenters. The van der Waals surface area contributed by atoms with Gasteiger partial charge in [-0.3, -0.25) is 0 Å². The van der Waals surface area contributed by atoms with E-state index in [1.54, 1.807) is 24.3 Å². The van der Waals surface area contributed by atoms with Crippen LogP contribution in [0, 0.1) is 0 Å². The molecule has 2 aromatic rings. The van der Waals surface area contributed by atoms with Crippen LogP contribution in [0.15, 0.2) is 48.5 Å².